The number of likely N-dealkylation sites (N-methyl/N-ethyl adjacent to an activating group) is 1. The second-order valence-electron chi connectivity index (χ2n) is 4.54. The van der Waals surface area contributed by atoms with Gasteiger partial charge in [0.1, 0.15) is 0 Å². The molecule has 0 fully saturated rings. The molecule has 2 rings (SSSR count). The fourth-order valence-corrected chi connectivity index (χ4v) is 1.99. The summed E-state index contributed by atoms with van der Waals surface area (Å²) in [5.74, 6) is 0. The summed E-state index contributed by atoms with van der Waals surface area (Å²) in [7, 11) is 2.09. The van der Waals surface area contributed by atoms with Crippen LogP contribution in [0, 0.1) is 6.92 Å². The lowest BCUT2D eigenvalue weighted by molar-refractivity contribution is 0.850. The summed E-state index contributed by atoms with van der Waals surface area (Å²) in [4.78, 5) is 6.56. The van der Waals surface area contributed by atoms with Crippen molar-refractivity contribution >= 4 is 11.4 Å². The standard InChI is InChI=1S/C15H19N3/c1-12-6-7-13(16)11-15(12)18(2)10-8-14-5-3-4-9-17-14/h3-7,9,11H,8,10,16H2,1-2H3. The molecule has 0 aliphatic rings. The summed E-state index contributed by atoms with van der Waals surface area (Å²) in [5, 5.41) is 0. The van der Waals surface area contributed by atoms with Crippen LogP contribution in [0.4, 0.5) is 11.4 Å². The van der Waals surface area contributed by atoms with Crippen LogP contribution < -0.4 is 10.6 Å². The predicted octanol–water partition coefficient (Wildman–Crippen LogP) is 2.65. The van der Waals surface area contributed by atoms with E-state index in [0.717, 1.165) is 24.3 Å². The van der Waals surface area contributed by atoms with Crippen LogP contribution in [0.1, 0.15) is 11.3 Å². The molecule has 0 amide bonds. The van der Waals surface area contributed by atoms with E-state index < -0.39 is 0 Å². The lowest BCUT2D eigenvalue weighted by Crippen LogP contribution is -2.21. The molecule has 0 atom stereocenters. The van der Waals surface area contributed by atoms with Gasteiger partial charge in [0.05, 0.1) is 0 Å². The van der Waals surface area contributed by atoms with Crippen molar-refractivity contribution in [3.8, 4) is 0 Å². The largest absolute Gasteiger partial charge is 0.399 e. The van der Waals surface area contributed by atoms with Gasteiger partial charge in [0, 0.05) is 43.3 Å². The Kier molecular flexibility index (Phi) is 3.82. The number of hydrogen-bond acceptors (Lipinski definition) is 3. The Bertz CT molecular complexity index is 508. The molecular weight excluding hydrogens is 222 g/mol. The Morgan fingerprint density at radius 2 is 2.06 bits per heavy atom. The minimum atomic E-state index is 0.806. The van der Waals surface area contributed by atoms with Crippen LogP contribution in [0.3, 0.4) is 0 Å². The molecule has 1 aromatic carbocycles. The smallest absolute Gasteiger partial charge is 0.0421 e. The van der Waals surface area contributed by atoms with Gasteiger partial charge in [-0.3, -0.25) is 4.98 Å². The van der Waals surface area contributed by atoms with Crippen molar-refractivity contribution in [3.05, 3.63) is 53.9 Å². The molecule has 1 heterocycles. The van der Waals surface area contributed by atoms with Crippen molar-refractivity contribution in [2.24, 2.45) is 0 Å². The molecule has 1 aromatic heterocycles. The monoisotopic (exact) mass is 241 g/mol. The number of nitrogen functional groups attached to an aromatic ring is 1. The normalized spacial score (nSPS) is 10.3. The van der Waals surface area contributed by atoms with Gasteiger partial charge in [-0.1, -0.05) is 12.1 Å². The number of anilines is 2. The molecule has 0 unspecified atom stereocenters. The highest BCUT2D eigenvalue weighted by Gasteiger charge is 2.05. The molecule has 0 saturated carbocycles. The van der Waals surface area contributed by atoms with Gasteiger partial charge in [-0.05, 0) is 36.8 Å². The average molecular weight is 241 g/mol. The van der Waals surface area contributed by atoms with Crippen LogP contribution in [0.15, 0.2) is 42.6 Å². The van der Waals surface area contributed by atoms with E-state index in [2.05, 4.69) is 36.0 Å². The molecule has 94 valence electrons. The molecule has 0 aliphatic carbocycles. The second-order valence-corrected chi connectivity index (χ2v) is 4.54. The Morgan fingerprint density at radius 1 is 1.22 bits per heavy atom. The van der Waals surface area contributed by atoms with Gasteiger partial charge in [0.2, 0.25) is 0 Å². The summed E-state index contributed by atoms with van der Waals surface area (Å²) >= 11 is 0. The van der Waals surface area contributed by atoms with Gasteiger partial charge < -0.3 is 10.6 Å². The molecule has 0 radical (unpaired) electrons. The summed E-state index contributed by atoms with van der Waals surface area (Å²) < 4.78 is 0. The number of benzene rings is 1. The van der Waals surface area contributed by atoms with Crippen molar-refractivity contribution in [1.82, 2.24) is 4.98 Å². The highest BCUT2D eigenvalue weighted by Crippen LogP contribution is 2.21. The van der Waals surface area contributed by atoms with E-state index in [4.69, 9.17) is 5.73 Å². The van der Waals surface area contributed by atoms with Crippen LogP contribution in [0.2, 0.25) is 0 Å². The minimum Gasteiger partial charge on any atom is -0.399 e. The lowest BCUT2D eigenvalue weighted by atomic mass is 10.1. The maximum atomic E-state index is 5.83. The summed E-state index contributed by atoms with van der Waals surface area (Å²) in [6.45, 7) is 3.04. The minimum absolute atomic E-state index is 0.806. The lowest BCUT2D eigenvalue weighted by Gasteiger charge is -2.21. The number of nitrogens with zero attached hydrogens (tertiary/aromatic N) is 2. The van der Waals surface area contributed by atoms with Crippen LogP contribution >= 0.6 is 0 Å². The molecule has 18 heavy (non-hydrogen) atoms. The zero-order valence-electron chi connectivity index (χ0n) is 10.9. The predicted molar refractivity (Wildman–Crippen MR) is 76.8 cm³/mol. The maximum absolute atomic E-state index is 5.83. The van der Waals surface area contributed by atoms with Gasteiger partial charge in [-0.2, -0.15) is 0 Å². The van der Waals surface area contributed by atoms with Gasteiger partial charge in [0.15, 0.2) is 0 Å². The first-order valence-corrected chi connectivity index (χ1v) is 6.14. The molecule has 2 aromatic rings. The fraction of sp³-hybridized carbons (Fsp3) is 0.267. The molecule has 3 heteroatoms. The van der Waals surface area contributed by atoms with Crippen molar-refractivity contribution in [2.75, 3.05) is 24.2 Å². The van der Waals surface area contributed by atoms with Gasteiger partial charge >= 0.3 is 0 Å². The number of nitrogens with two attached hydrogens (primary N) is 1. The van der Waals surface area contributed by atoms with Gasteiger partial charge in [-0.25, -0.2) is 0 Å². The quantitative estimate of drug-likeness (QED) is 0.837. The number of rotatable bonds is 4. The van der Waals surface area contributed by atoms with E-state index in [1.54, 1.807) is 0 Å². The van der Waals surface area contributed by atoms with E-state index in [9.17, 15) is 0 Å². The number of aromatic nitrogens is 1. The average Bonchev–Trinajstić information content (AvgIpc) is 2.40. The van der Waals surface area contributed by atoms with Crippen LogP contribution in [-0.4, -0.2) is 18.6 Å². The van der Waals surface area contributed by atoms with Crippen LogP contribution in [0.25, 0.3) is 0 Å². The van der Waals surface area contributed by atoms with Crippen LogP contribution in [-0.2, 0) is 6.42 Å². The summed E-state index contributed by atoms with van der Waals surface area (Å²) in [6.07, 6.45) is 2.77. The van der Waals surface area contributed by atoms with Crippen molar-refractivity contribution in [2.45, 2.75) is 13.3 Å². The molecule has 0 aliphatic heterocycles. The van der Waals surface area contributed by atoms with Crippen molar-refractivity contribution in [1.29, 1.82) is 0 Å². The topological polar surface area (TPSA) is 42.1 Å². The highest BCUT2D eigenvalue weighted by atomic mass is 15.1. The number of hydrogen-bond donors (Lipinski definition) is 1. The van der Waals surface area contributed by atoms with Crippen LogP contribution in [0.5, 0.6) is 0 Å². The first-order chi connectivity index (χ1) is 8.66. The van der Waals surface area contributed by atoms with Crippen molar-refractivity contribution in [3.63, 3.8) is 0 Å². The molecular formula is C15H19N3. The zero-order chi connectivity index (χ0) is 13.0. The Hall–Kier alpha value is -2.03. The third kappa shape index (κ3) is 3.00. The third-order valence-corrected chi connectivity index (χ3v) is 3.07. The number of aryl methyl sites for hydroxylation is 1. The van der Waals surface area contributed by atoms with E-state index in [-0.39, 0.29) is 0 Å². The van der Waals surface area contributed by atoms with E-state index in [1.165, 1.54) is 11.3 Å². The number of pyridine rings is 1. The SMILES string of the molecule is Cc1ccc(N)cc1N(C)CCc1ccccn1. The zero-order valence-corrected chi connectivity index (χ0v) is 10.9. The highest BCUT2D eigenvalue weighted by molar-refractivity contribution is 5.60. The summed E-state index contributed by atoms with van der Waals surface area (Å²) in [5.41, 5.74) is 10.2. The molecule has 2 N–H and O–H groups in total. The molecule has 3 nitrogen and oxygen atoms in total. The van der Waals surface area contributed by atoms with E-state index in [0.29, 0.717) is 0 Å². The first-order valence-electron chi connectivity index (χ1n) is 6.14. The fourth-order valence-electron chi connectivity index (χ4n) is 1.99. The van der Waals surface area contributed by atoms with Gasteiger partial charge in [-0.15, -0.1) is 0 Å². The Labute approximate surface area is 108 Å². The third-order valence-electron chi connectivity index (χ3n) is 3.07. The summed E-state index contributed by atoms with van der Waals surface area (Å²) in [6, 6.07) is 12.0. The van der Waals surface area contributed by atoms with E-state index >= 15 is 0 Å². The molecule has 0 saturated heterocycles. The molecule has 0 bridgehead atoms. The van der Waals surface area contributed by atoms with Gasteiger partial charge in [0.25, 0.3) is 0 Å². The maximum Gasteiger partial charge on any atom is 0.0421 e. The van der Waals surface area contributed by atoms with Crippen molar-refractivity contribution < 1.29 is 0 Å². The van der Waals surface area contributed by atoms with E-state index in [1.807, 2.05) is 30.5 Å². The first kappa shape index (κ1) is 12.4. The second kappa shape index (κ2) is 5.54. The Balaban J connectivity index is 2.03. The molecule has 0 spiro atoms. The Morgan fingerprint density at radius 3 is 2.78 bits per heavy atom.